The van der Waals surface area contributed by atoms with Gasteiger partial charge in [0.05, 0.1) is 23.0 Å². The van der Waals surface area contributed by atoms with Gasteiger partial charge in [0.25, 0.3) is 5.91 Å². The number of nitrogens with one attached hydrogen (secondary N) is 2. The highest BCUT2D eigenvalue weighted by Crippen LogP contribution is 2.32. The van der Waals surface area contributed by atoms with Gasteiger partial charge in [0.15, 0.2) is 0 Å². The molecule has 0 radical (unpaired) electrons. The van der Waals surface area contributed by atoms with Gasteiger partial charge in [-0.3, -0.25) is 10.1 Å². The number of hydrogen-bond acceptors (Lipinski definition) is 4. The fourth-order valence-electron chi connectivity index (χ4n) is 4.03. The molecule has 2 aromatic carbocycles. The molecule has 1 aliphatic heterocycles. The lowest BCUT2D eigenvalue weighted by molar-refractivity contribution is -0.138. The average Bonchev–Trinajstić information content (AvgIpc) is 2.89. The summed E-state index contributed by atoms with van der Waals surface area (Å²) in [6, 6.07) is 17.8. The molecule has 188 valence electrons. The van der Waals surface area contributed by atoms with Crippen LogP contribution >= 0.6 is 0 Å². The number of piperazine rings is 1. The lowest BCUT2D eigenvalue weighted by Crippen LogP contribution is -2.49. The quantitative estimate of drug-likeness (QED) is 0.529. The van der Waals surface area contributed by atoms with Gasteiger partial charge in [-0.05, 0) is 36.2 Å². The summed E-state index contributed by atoms with van der Waals surface area (Å²) in [6.45, 7) is 1.97. The summed E-state index contributed by atoms with van der Waals surface area (Å²) in [7, 11) is 0. The Morgan fingerprint density at radius 3 is 2.25 bits per heavy atom. The van der Waals surface area contributed by atoms with Crippen LogP contribution in [0.25, 0.3) is 0 Å². The number of alkyl halides is 3. The summed E-state index contributed by atoms with van der Waals surface area (Å²) in [5, 5.41) is 5.48. The van der Waals surface area contributed by atoms with E-state index in [9.17, 15) is 22.8 Å². The molecule has 10 heteroatoms. The number of anilines is 2. The minimum absolute atomic E-state index is 0.287. The van der Waals surface area contributed by atoms with Crippen LogP contribution in [0, 0.1) is 0 Å². The molecule has 0 saturated carbocycles. The van der Waals surface area contributed by atoms with Crippen LogP contribution in [0.2, 0.25) is 0 Å². The third-order valence-electron chi connectivity index (χ3n) is 5.93. The molecule has 1 aliphatic rings. The van der Waals surface area contributed by atoms with Crippen LogP contribution in [-0.4, -0.2) is 54.5 Å². The van der Waals surface area contributed by atoms with Crippen LogP contribution in [-0.2, 0) is 12.6 Å². The van der Waals surface area contributed by atoms with E-state index in [0.29, 0.717) is 25.5 Å². The number of carbonyl (C=O) groups excluding carboxylic acids is 2. The van der Waals surface area contributed by atoms with Crippen molar-refractivity contribution in [3.63, 3.8) is 0 Å². The zero-order chi connectivity index (χ0) is 25.5. The van der Waals surface area contributed by atoms with Crippen molar-refractivity contribution >= 4 is 23.4 Å². The molecule has 0 unspecified atom stereocenters. The van der Waals surface area contributed by atoms with E-state index in [-0.39, 0.29) is 24.7 Å². The molecule has 3 amide bonds. The molecule has 1 saturated heterocycles. The first-order chi connectivity index (χ1) is 17.3. The first-order valence-corrected chi connectivity index (χ1v) is 11.6. The van der Waals surface area contributed by atoms with E-state index in [4.69, 9.17) is 0 Å². The first-order valence-electron chi connectivity index (χ1n) is 11.6. The Labute approximate surface area is 206 Å². The largest absolute Gasteiger partial charge is 0.417 e. The van der Waals surface area contributed by atoms with Crippen molar-refractivity contribution in [2.24, 2.45) is 0 Å². The number of nitrogens with zero attached hydrogens (tertiary/aromatic N) is 3. The van der Waals surface area contributed by atoms with Crippen molar-refractivity contribution in [1.29, 1.82) is 0 Å². The molecule has 36 heavy (non-hydrogen) atoms. The molecule has 7 nitrogen and oxygen atoms in total. The fraction of sp³-hybridized carbons (Fsp3) is 0.269. The second-order valence-electron chi connectivity index (χ2n) is 8.34. The summed E-state index contributed by atoms with van der Waals surface area (Å²) in [5.41, 5.74) is 0.672. The first kappa shape index (κ1) is 25.0. The van der Waals surface area contributed by atoms with Crippen molar-refractivity contribution in [2.45, 2.75) is 12.6 Å². The highest BCUT2D eigenvalue weighted by Gasteiger charge is 2.36. The molecule has 0 atom stereocenters. The van der Waals surface area contributed by atoms with Crippen LogP contribution in [0.1, 0.15) is 21.5 Å². The molecule has 4 rings (SSSR count). The van der Waals surface area contributed by atoms with E-state index in [0.717, 1.165) is 23.7 Å². The van der Waals surface area contributed by atoms with Gasteiger partial charge in [-0.25, -0.2) is 9.78 Å². The molecule has 2 N–H and O–H groups in total. The van der Waals surface area contributed by atoms with Gasteiger partial charge in [-0.1, -0.05) is 42.5 Å². The Balaban J connectivity index is 1.26. The van der Waals surface area contributed by atoms with Gasteiger partial charge in [0.2, 0.25) is 0 Å². The molecular formula is C26H26F3N5O2. The van der Waals surface area contributed by atoms with E-state index in [1.807, 2.05) is 41.3 Å². The second-order valence-corrected chi connectivity index (χ2v) is 8.34. The zero-order valence-electron chi connectivity index (χ0n) is 19.5. The molecule has 2 heterocycles. The normalized spacial score (nSPS) is 13.9. The Morgan fingerprint density at radius 2 is 1.58 bits per heavy atom. The maximum Gasteiger partial charge on any atom is 0.417 e. The van der Waals surface area contributed by atoms with Crippen molar-refractivity contribution in [2.75, 3.05) is 42.9 Å². The second kappa shape index (κ2) is 11.1. The van der Waals surface area contributed by atoms with Crippen molar-refractivity contribution in [3.05, 3.63) is 89.6 Å². The minimum atomic E-state index is -4.59. The number of benzene rings is 2. The summed E-state index contributed by atoms with van der Waals surface area (Å²) in [4.78, 5) is 32.6. The van der Waals surface area contributed by atoms with Gasteiger partial charge in [-0.15, -0.1) is 0 Å². The third kappa shape index (κ3) is 6.32. The van der Waals surface area contributed by atoms with E-state index in [2.05, 4.69) is 15.6 Å². The highest BCUT2D eigenvalue weighted by molar-refractivity contribution is 5.96. The van der Waals surface area contributed by atoms with Gasteiger partial charge in [0.1, 0.15) is 5.82 Å². The number of rotatable bonds is 6. The molecule has 0 bridgehead atoms. The molecule has 0 spiro atoms. The van der Waals surface area contributed by atoms with Crippen LogP contribution in [0.3, 0.4) is 0 Å². The molecular weight excluding hydrogens is 471 g/mol. The summed E-state index contributed by atoms with van der Waals surface area (Å²) >= 11 is 0. The Hall–Kier alpha value is -4.08. The van der Waals surface area contributed by atoms with Crippen LogP contribution in [0.5, 0.6) is 0 Å². The predicted octanol–water partition coefficient (Wildman–Crippen LogP) is 4.43. The predicted molar refractivity (Wildman–Crippen MR) is 131 cm³/mol. The summed E-state index contributed by atoms with van der Waals surface area (Å²) in [6.07, 6.45) is -2.25. The van der Waals surface area contributed by atoms with E-state index in [1.165, 1.54) is 23.1 Å². The zero-order valence-corrected chi connectivity index (χ0v) is 19.5. The summed E-state index contributed by atoms with van der Waals surface area (Å²) < 4.78 is 39.9. The van der Waals surface area contributed by atoms with E-state index >= 15 is 0 Å². The highest BCUT2D eigenvalue weighted by atomic mass is 19.4. The molecule has 1 fully saturated rings. The molecule has 0 aliphatic carbocycles. The topological polar surface area (TPSA) is 77.6 Å². The van der Waals surface area contributed by atoms with Crippen molar-refractivity contribution < 1.29 is 22.8 Å². The Morgan fingerprint density at radius 1 is 0.889 bits per heavy atom. The number of halogens is 3. The Kier molecular flexibility index (Phi) is 7.72. The molecule has 1 aromatic heterocycles. The Bertz CT molecular complexity index is 1180. The number of carbonyl (C=O) groups is 2. The number of hydrogen-bond donors (Lipinski definition) is 2. The maximum atomic E-state index is 13.3. The number of amides is 3. The van der Waals surface area contributed by atoms with Crippen LogP contribution < -0.4 is 15.5 Å². The summed E-state index contributed by atoms with van der Waals surface area (Å²) in [5.74, 6) is -0.230. The standard InChI is InChI=1S/C26H26F3N5O2/c27-26(28,29)22-9-5-4-8-21(22)24(35)34-16-14-33(15-17-34)20-10-11-23(31-18-20)32-25(36)30-13-12-19-6-2-1-3-7-19/h1-11,18H,12-17H2,(H2,30,31,32,36). The maximum absolute atomic E-state index is 13.3. The van der Waals surface area contributed by atoms with Crippen molar-refractivity contribution in [1.82, 2.24) is 15.2 Å². The smallest absolute Gasteiger partial charge is 0.367 e. The lowest BCUT2D eigenvalue weighted by Gasteiger charge is -2.36. The van der Waals surface area contributed by atoms with Gasteiger partial charge < -0.3 is 15.1 Å². The average molecular weight is 498 g/mol. The number of urea groups is 1. The van der Waals surface area contributed by atoms with E-state index in [1.54, 1.807) is 12.3 Å². The van der Waals surface area contributed by atoms with Crippen molar-refractivity contribution in [3.8, 4) is 0 Å². The fourth-order valence-corrected chi connectivity index (χ4v) is 4.03. The monoisotopic (exact) mass is 497 g/mol. The van der Waals surface area contributed by atoms with Gasteiger partial charge in [0, 0.05) is 32.7 Å². The SMILES string of the molecule is O=C(NCCc1ccccc1)Nc1ccc(N2CCN(C(=O)c3ccccc3C(F)(F)F)CC2)cn1. The minimum Gasteiger partial charge on any atom is -0.367 e. The lowest BCUT2D eigenvalue weighted by atomic mass is 10.1. The van der Waals surface area contributed by atoms with Crippen LogP contribution in [0.4, 0.5) is 29.5 Å². The van der Waals surface area contributed by atoms with Crippen LogP contribution in [0.15, 0.2) is 72.9 Å². The van der Waals surface area contributed by atoms with E-state index < -0.39 is 17.6 Å². The number of pyridine rings is 1. The molecule has 3 aromatic rings. The number of aromatic nitrogens is 1. The third-order valence-corrected chi connectivity index (χ3v) is 5.93. The van der Waals surface area contributed by atoms with Gasteiger partial charge in [-0.2, -0.15) is 13.2 Å². The van der Waals surface area contributed by atoms with Gasteiger partial charge >= 0.3 is 12.2 Å².